The summed E-state index contributed by atoms with van der Waals surface area (Å²) in [6.45, 7) is 2.68. The fourth-order valence-corrected chi connectivity index (χ4v) is 4.49. The fraction of sp³-hybridized carbons (Fsp3) is 0.185. The van der Waals surface area contributed by atoms with Gasteiger partial charge in [-0.05, 0) is 47.5 Å². The maximum Gasteiger partial charge on any atom is 0.337 e. The number of aromatic nitrogens is 4. The summed E-state index contributed by atoms with van der Waals surface area (Å²) >= 11 is 5.01. The van der Waals surface area contributed by atoms with Crippen molar-refractivity contribution in [2.75, 3.05) is 0 Å². The number of aromatic amines is 1. The maximum atomic E-state index is 11.9. The highest BCUT2D eigenvalue weighted by Crippen LogP contribution is 2.31. The SMILES string of the molecule is CCCCc1nc2cccc(C(=O)O)c2n1Cc1ccc(-c2ccccc2-c2nc(=S)o[nH]2)cc1. The number of nitrogens with one attached hydrogen (secondary N) is 1. The number of hydrogen-bond acceptors (Lipinski definition) is 5. The van der Waals surface area contributed by atoms with E-state index < -0.39 is 5.97 Å². The number of aryl methyl sites for hydroxylation is 1. The van der Waals surface area contributed by atoms with Crippen LogP contribution in [-0.2, 0) is 13.0 Å². The first-order valence-electron chi connectivity index (χ1n) is 11.5. The van der Waals surface area contributed by atoms with Gasteiger partial charge in [0.15, 0.2) is 5.82 Å². The summed E-state index contributed by atoms with van der Waals surface area (Å²) in [5, 5.41) is 12.6. The van der Waals surface area contributed by atoms with E-state index in [1.165, 1.54) is 0 Å². The zero-order valence-corrected chi connectivity index (χ0v) is 20.0. The molecule has 7 nitrogen and oxygen atoms in total. The lowest BCUT2D eigenvalue weighted by atomic mass is 9.98. The zero-order chi connectivity index (χ0) is 24.4. The first kappa shape index (κ1) is 22.7. The number of rotatable bonds is 8. The molecule has 0 atom stereocenters. The van der Waals surface area contributed by atoms with Gasteiger partial charge < -0.3 is 14.2 Å². The van der Waals surface area contributed by atoms with Crippen molar-refractivity contribution in [3.8, 4) is 22.5 Å². The van der Waals surface area contributed by atoms with Crippen LogP contribution in [0.25, 0.3) is 33.5 Å². The Balaban J connectivity index is 1.52. The number of imidazole rings is 1. The van der Waals surface area contributed by atoms with Crippen molar-refractivity contribution in [3.63, 3.8) is 0 Å². The van der Waals surface area contributed by atoms with Gasteiger partial charge in [0.05, 0.1) is 16.6 Å². The van der Waals surface area contributed by atoms with E-state index in [9.17, 15) is 9.90 Å². The van der Waals surface area contributed by atoms with E-state index >= 15 is 0 Å². The summed E-state index contributed by atoms with van der Waals surface area (Å²) in [7, 11) is 0. The highest BCUT2D eigenvalue weighted by molar-refractivity contribution is 7.71. The number of benzene rings is 3. The number of hydrogen-bond donors (Lipinski definition) is 2. The van der Waals surface area contributed by atoms with Gasteiger partial charge in [-0.3, -0.25) is 0 Å². The molecule has 0 saturated carbocycles. The van der Waals surface area contributed by atoms with Crippen LogP contribution >= 0.6 is 12.2 Å². The van der Waals surface area contributed by atoms with Crippen molar-refractivity contribution in [1.82, 2.24) is 19.7 Å². The molecule has 0 spiro atoms. The Morgan fingerprint density at radius 3 is 2.49 bits per heavy atom. The molecule has 2 aromatic heterocycles. The first-order chi connectivity index (χ1) is 17.0. The van der Waals surface area contributed by atoms with Gasteiger partial charge in [-0.1, -0.05) is 67.9 Å². The minimum Gasteiger partial charge on any atom is -0.478 e. The van der Waals surface area contributed by atoms with E-state index in [-0.39, 0.29) is 10.4 Å². The Bertz CT molecular complexity index is 1560. The van der Waals surface area contributed by atoms with Gasteiger partial charge in [-0.2, -0.15) is 4.98 Å². The molecule has 0 unspecified atom stereocenters. The van der Waals surface area contributed by atoms with Crippen molar-refractivity contribution >= 4 is 29.2 Å². The molecular weight excluding hydrogens is 460 g/mol. The Labute approximate surface area is 207 Å². The number of fused-ring (bicyclic) bond motifs is 1. The van der Waals surface area contributed by atoms with E-state index in [0.29, 0.717) is 23.4 Å². The van der Waals surface area contributed by atoms with Gasteiger partial charge in [0, 0.05) is 18.5 Å². The molecule has 35 heavy (non-hydrogen) atoms. The van der Waals surface area contributed by atoms with Crippen LogP contribution in [0.1, 0.15) is 41.5 Å². The maximum absolute atomic E-state index is 11.9. The third kappa shape index (κ3) is 4.52. The summed E-state index contributed by atoms with van der Waals surface area (Å²) in [5.74, 6) is 0.547. The molecular formula is C27H24N4O3S. The average Bonchev–Trinajstić information content (AvgIpc) is 3.46. The molecule has 0 bridgehead atoms. The van der Waals surface area contributed by atoms with Crippen LogP contribution in [0.3, 0.4) is 0 Å². The lowest BCUT2D eigenvalue weighted by molar-refractivity contribution is 0.0698. The molecule has 0 amide bonds. The second-order valence-electron chi connectivity index (χ2n) is 8.37. The second kappa shape index (κ2) is 9.68. The molecule has 3 aromatic carbocycles. The molecule has 0 radical (unpaired) electrons. The number of para-hydroxylation sites is 1. The molecule has 176 valence electrons. The molecule has 0 aliphatic carbocycles. The zero-order valence-electron chi connectivity index (χ0n) is 19.2. The van der Waals surface area contributed by atoms with E-state index in [2.05, 4.69) is 41.3 Å². The molecule has 8 heteroatoms. The third-order valence-electron chi connectivity index (χ3n) is 6.06. The smallest absolute Gasteiger partial charge is 0.337 e. The Hall–Kier alpha value is -4.04. The molecule has 5 rings (SSSR count). The standard InChI is InChI=1S/C27H24N4O3S/c1-2-3-11-23-28-22-10-6-9-21(26(32)33)24(22)31(23)16-17-12-14-18(15-13-17)19-7-4-5-8-20(19)25-29-27(35)34-30-25/h4-10,12-15H,2-3,11,16H2,1H3,(H,32,33)(H,29,30,35). The normalized spacial score (nSPS) is 11.2. The number of aromatic carboxylic acids is 1. The number of carboxylic acid groups (broad SMARTS) is 1. The quantitative estimate of drug-likeness (QED) is 0.244. The van der Waals surface area contributed by atoms with E-state index in [4.69, 9.17) is 21.7 Å². The minimum atomic E-state index is -0.947. The van der Waals surface area contributed by atoms with Gasteiger partial charge in [-0.15, -0.1) is 0 Å². The van der Waals surface area contributed by atoms with Crippen LogP contribution in [0, 0.1) is 4.84 Å². The van der Waals surface area contributed by atoms with Crippen LogP contribution in [-0.4, -0.2) is 30.8 Å². The molecule has 2 heterocycles. The fourth-order valence-electron chi connectivity index (χ4n) is 4.36. The molecule has 5 aromatic rings. The summed E-state index contributed by atoms with van der Waals surface area (Å²) in [5.41, 5.74) is 5.64. The van der Waals surface area contributed by atoms with Gasteiger partial charge in [0.2, 0.25) is 0 Å². The van der Waals surface area contributed by atoms with E-state index in [0.717, 1.165) is 47.3 Å². The molecule has 0 aliphatic rings. The Morgan fingerprint density at radius 2 is 1.80 bits per heavy atom. The lowest BCUT2D eigenvalue weighted by Crippen LogP contribution is -2.08. The van der Waals surface area contributed by atoms with Gasteiger partial charge in [0.25, 0.3) is 0 Å². The number of carbonyl (C=O) groups is 1. The van der Waals surface area contributed by atoms with Gasteiger partial charge in [0.1, 0.15) is 5.82 Å². The van der Waals surface area contributed by atoms with Crippen molar-refractivity contribution in [3.05, 3.63) is 88.5 Å². The van der Waals surface area contributed by atoms with Gasteiger partial charge >= 0.3 is 10.8 Å². The van der Waals surface area contributed by atoms with Crippen LogP contribution in [0.15, 0.2) is 71.3 Å². The molecule has 2 N–H and O–H groups in total. The Kier molecular flexibility index (Phi) is 6.29. The summed E-state index contributed by atoms with van der Waals surface area (Å²) in [4.78, 5) is 21.1. The third-order valence-corrected chi connectivity index (χ3v) is 6.23. The molecule has 0 fully saturated rings. The monoisotopic (exact) mass is 484 g/mol. The summed E-state index contributed by atoms with van der Waals surface area (Å²) < 4.78 is 7.17. The van der Waals surface area contributed by atoms with E-state index in [1.807, 2.05) is 34.9 Å². The number of nitrogens with zero attached hydrogens (tertiary/aromatic N) is 3. The largest absolute Gasteiger partial charge is 0.478 e. The number of H-pyrrole nitrogens is 1. The predicted molar refractivity (Wildman–Crippen MR) is 137 cm³/mol. The minimum absolute atomic E-state index is 0.164. The van der Waals surface area contributed by atoms with Crippen molar-refractivity contribution in [1.29, 1.82) is 0 Å². The summed E-state index contributed by atoms with van der Waals surface area (Å²) in [6, 6.07) is 21.4. The highest BCUT2D eigenvalue weighted by atomic mass is 32.1. The van der Waals surface area contributed by atoms with Crippen LogP contribution in [0.4, 0.5) is 0 Å². The molecule has 0 saturated heterocycles. The van der Waals surface area contributed by atoms with Crippen LogP contribution in [0.2, 0.25) is 0 Å². The predicted octanol–water partition coefficient (Wildman–Crippen LogP) is 6.50. The van der Waals surface area contributed by atoms with Crippen molar-refractivity contribution < 1.29 is 14.4 Å². The van der Waals surface area contributed by atoms with Gasteiger partial charge in [-0.25, -0.2) is 14.9 Å². The van der Waals surface area contributed by atoms with Crippen molar-refractivity contribution in [2.24, 2.45) is 0 Å². The Morgan fingerprint density at radius 1 is 1.03 bits per heavy atom. The van der Waals surface area contributed by atoms with Crippen LogP contribution < -0.4 is 0 Å². The lowest BCUT2D eigenvalue weighted by Gasteiger charge is -2.12. The van der Waals surface area contributed by atoms with Crippen LogP contribution in [0.5, 0.6) is 0 Å². The average molecular weight is 485 g/mol. The summed E-state index contributed by atoms with van der Waals surface area (Å²) in [6.07, 6.45) is 2.83. The second-order valence-corrected chi connectivity index (χ2v) is 8.72. The first-order valence-corrected chi connectivity index (χ1v) is 11.9. The van der Waals surface area contributed by atoms with E-state index in [1.54, 1.807) is 12.1 Å². The highest BCUT2D eigenvalue weighted by Gasteiger charge is 2.18. The molecule has 0 aliphatic heterocycles. The number of carboxylic acids is 1. The van der Waals surface area contributed by atoms with Crippen molar-refractivity contribution in [2.45, 2.75) is 32.7 Å². The topological polar surface area (TPSA) is 96.9 Å². The number of unbranched alkanes of at least 4 members (excludes halogenated alkanes) is 1.